The minimum absolute atomic E-state index is 0.355. The van der Waals surface area contributed by atoms with Gasteiger partial charge in [-0.3, -0.25) is 0 Å². The van der Waals surface area contributed by atoms with Crippen LogP contribution in [0.5, 0.6) is 11.5 Å². The van der Waals surface area contributed by atoms with Crippen LogP contribution in [0.4, 0.5) is 0 Å². The number of unbranched alkanes of at least 4 members (excludes halogenated alkanes) is 1. The molecule has 1 aromatic heterocycles. The fourth-order valence-electron chi connectivity index (χ4n) is 3.63. The van der Waals surface area contributed by atoms with Crippen molar-refractivity contribution in [1.29, 1.82) is 0 Å². The van der Waals surface area contributed by atoms with Crippen LogP contribution in [0.15, 0.2) is 75.9 Å². The van der Waals surface area contributed by atoms with E-state index >= 15 is 0 Å². The summed E-state index contributed by atoms with van der Waals surface area (Å²) in [4.78, 5) is 12.7. The summed E-state index contributed by atoms with van der Waals surface area (Å²) in [5.41, 5.74) is 4.91. The first-order valence-electron chi connectivity index (χ1n) is 10.5. The lowest BCUT2D eigenvalue weighted by Gasteiger charge is -2.10. The summed E-state index contributed by atoms with van der Waals surface area (Å²) in [5, 5.41) is 0.868. The molecule has 0 saturated heterocycles. The standard InChI is InChI=1S/C27H26O4/c1-4-5-14-30-23-11-10-21-16-25(27(28)31-26(21)17-23)20-8-6-19(7-9-20)24-13-12-22(29-3)15-18(24)2/h6-13,15-17H,4-5,14H2,1-3H3. The maximum atomic E-state index is 12.7. The van der Waals surface area contributed by atoms with Crippen molar-refractivity contribution in [3.05, 3.63) is 82.7 Å². The van der Waals surface area contributed by atoms with Crippen molar-refractivity contribution >= 4 is 11.0 Å². The van der Waals surface area contributed by atoms with E-state index in [1.54, 1.807) is 13.2 Å². The molecule has 0 aliphatic rings. The van der Waals surface area contributed by atoms with Crippen LogP contribution in [-0.4, -0.2) is 13.7 Å². The monoisotopic (exact) mass is 414 g/mol. The van der Waals surface area contributed by atoms with Crippen molar-refractivity contribution in [2.75, 3.05) is 13.7 Å². The van der Waals surface area contributed by atoms with Gasteiger partial charge in [0.15, 0.2) is 0 Å². The lowest BCUT2D eigenvalue weighted by atomic mass is 9.97. The van der Waals surface area contributed by atoms with E-state index in [9.17, 15) is 4.79 Å². The highest BCUT2D eigenvalue weighted by atomic mass is 16.5. The number of methoxy groups -OCH3 is 1. The van der Waals surface area contributed by atoms with E-state index in [1.807, 2.05) is 60.7 Å². The lowest BCUT2D eigenvalue weighted by molar-refractivity contribution is 0.309. The average molecular weight is 415 g/mol. The first-order chi connectivity index (χ1) is 15.1. The maximum Gasteiger partial charge on any atom is 0.344 e. The molecule has 0 N–H and O–H groups in total. The van der Waals surface area contributed by atoms with E-state index in [0.29, 0.717) is 17.8 Å². The molecule has 0 radical (unpaired) electrons. The lowest BCUT2D eigenvalue weighted by Crippen LogP contribution is -2.03. The molecular formula is C27H26O4. The van der Waals surface area contributed by atoms with E-state index in [2.05, 4.69) is 13.8 Å². The van der Waals surface area contributed by atoms with Crippen molar-refractivity contribution in [3.63, 3.8) is 0 Å². The molecule has 0 aliphatic carbocycles. The van der Waals surface area contributed by atoms with Crippen molar-refractivity contribution < 1.29 is 13.9 Å². The number of fused-ring (bicyclic) bond motifs is 1. The first-order valence-corrected chi connectivity index (χ1v) is 10.5. The van der Waals surface area contributed by atoms with Crippen molar-refractivity contribution in [1.82, 2.24) is 0 Å². The molecule has 0 amide bonds. The minimum atomic E-state index is -0.355. The highest BCUT2D eigenvalue weighted by Gasteiger charge is 2.10. The molecule has 0 fully saturated rings. The Hall–Kier alpha value is -3.53. The molecule has 31 heavy (non-hydrogen) atoms. The fraction of sp³-hybridized carbons (Fsp3) is 0.222. The van der Waals surface area contributed by atoms with E-state index in [-0.39, 0.29) is 5.63 Å². The predicted octanol–water partition coefficient (Wildman–Crippen LogP) is 6.62. The summed E-state index contributed by atoms with van der Waals surface area (Å²) in [6, 6.07) is 21.5. The first kappa shape index (κ1) is 20.7. The van der Waals surface area contributed by atoms with E-state index in [4.69, 9.17) is 13.9 Å². The third kappa shape index (κ3) is 4.48. The molecule has 4 nitrogen and oxygen atoms in total. The number of rotatable bonds is 7. The smallest absolute Gasteiger partial charge is 0.344 e. The Kier molecular flexibility index (Phi) is 6.08. The molecule has 0 aliphatic heterocycles. The van der Waals surface area contributed by atoms with Gasteiger partial charge in [-0.2, -0.15) is 0 Å². The molecule has 0 bridgehead atoms. The summed E-state index contributed by atoms with van der Waals surface area (Å²) in [5.74, 6) is 1.56. The number of hydrogen-bond donors (Lipinski definition) is 0. The Bertz CT molecular complexity index is 1250. The van der Waals surface area contributed by atoms with Crippen molar-refractivity contribution in [2.24, 2.45) is 0 Å². The van der Waals surface area contributed by atoms with Crippen molar-refractivity contribution in [3.8, 4) is 33.8 Å². The molecule has 0 spiro atoms. The van der Waals surface area contributed by atoms with Crippen LogP contribution < -0.4 is 15.1 Å². The summed E-state index contributed by atoms with van der Waals surface area (Å²) in [6.07, 6.45) is 2.07. The summed E-state index contributed by atoms with van der Waals surface area (Å²) in [7, 11) is 1.67. The Labute approximate surface area is 182 Å². The summed E-state index contributed by atoms with van der Waals surface area (Å²) in [6.45, 7) is 4.84. The third-order valence-electron chi connectivity index (χ3n) is 5.41. The van der Waals surface area contributed by atoms with Crippen LogP contribution in [0, 0.1) is 6.92 Å². The Morgan fingerprint density at radius 2 is 1.55 bits per heavy atom. The van der Waals surface area contributed by atoms with Gasteiger partial charge in [0, 0.05) is 11.5 Å². The number of hydrogen-bond acceptors (Lipinski definition) is 4. The number of benzene rings is 3. The second-order valence-corrected chi connectivity index (χ2v) is 7.61. The second-order valence-electron chi connectivity index (χ2n) is 7.61. The molecule has 4 heteroatoms. The number of ether oxygens (including phenoxy) is 2. The molecule has 3 aromatic carbocycles. The maximum absolute atomic E-state index is 12.7. The van der Waals surface area contributed by atoms with Crippen molar-refractivity contribution in [2.45, 2.75) is 26.7 Å². The van der Waals surface area contributed by atoms with Crippen LogP contribution in [0.3, 0.4) is 0 Å². The summed E-state index contributed by atoms with van der Waals surface area (Å²) >= 11 is 0. The second kappa shape index (κ2) is 9.09. The van der Waals surface area contributed by atoms with Gasteiger partial charge in [0.1, 0.15) is 17.1 Å². The van der Waals surface area contributed by atoms with E-state index in [1.165, 1.54) is 0 Å². The van der Waals surface area contributed by atoms with Gasteiger partial charge >= 0.3 is 5.63 Å². The Balaban J connectivity index is 1.63. The van der Waals surface area contributed by atoms with Gasteiger partial charge in [-0.15, -0.1) is 0 Å². The van der Waals surface area contributed by atoms with Crippen LogP contribution in [0.1, 0.15) is 25.3 Å². The van der Waals surface area contributed by atoms with Gasteiger partial charge in [-0.25, -0.2) is 4.79 Å². The Morgan fingerprint density at radius 3 is 2.23 bits per heavy atom. The average Bonchev–Trinajstić information content (AvgIpc) is 2.79. The molecule has 0 unspecified atom stereocenters. The normalized spacial score (nSPS) is 10.9. The molecule has 4 rings (SSSR count). The highest BCUT2D eigenvalue weighted by Crippen LogP contribution is 2.30. The zero-order valence-corrected chi connectivity index (χ0v) is 18.1. The zero-order valence-electron chi connectivity index (χ0n) is 18.1. The quantitative estimate of drug-likeness (QED) is 0.252. The molecule has 1 heterocycles. The Morgan fingerprint density at radius 1 is 0.839 bits per heavy atom. The van der Waals surface area contributed by atoms with E-state index < -0.39 is 0 Å². The van der Waals surface area contributed by atoms with Gasteiger partial charge in [0.25, 0.3) is 0 Å². The highest BCUT2D eigenvalue weighted by molar-refractivity contribution is 5.83. The van der Waals surface area contributed by atoms with Crippen LogP contribution in [0.25, 0.3) is 33.2 Å². The van der Waals surface area contributed by atoms with Gasteiger partial charge in [-0.05, 0) is 65.9 Å². The number of aryl methyl sites for hydroxylation is 1. The SMILES string of the molecule is CCCCOc1ccc2cc(-c3ccc(-c4ccc(OC)cc4C)cc3)c(=O)oc2c1. The molecule has 0 saturated carbocycles. The van der Waals surface area contributed by atoms with Gasteiger partial charge < -0.3 is 13.9 Å². The molecule has 158 valence electrons. The molecule has 0 atom stereocenters. The van der Waals surface area contributed by atoms with Gasteiger partial charge in [0.2, 0.25) is 0 Å². The van der Waals surface area contributed by atoms with Crippen LogP contribution >= 0.6 is 0 Å². The van der Waals surface area contributed by atoms with E-state index in [0.717, 1.165) is 52.0 Å². The zero-order chi connectivity index (χ0) is 21.8. The topological polar surface area (TPSA) is 48.7 Å². The molecule has 4 aromatic rings. The van der Waals surface area contributed by atoms with Gasteiger partial charge in [0.05, 0.1) is 19.3 Å². The summed E-state index contributed by atoms with van der Waals surface area (Å²) < 4.78 is 16.6. The van der Waals surface area contributed by atoms with Crippen LogP contribution in [0.2, 0.25) is 0 Å². The largest absolute Gasteiger partial charge is 0.497 e. The van der Waals surface area contributed by atoms with Crippen LogP contribution in [-0.2, 0) is 0 Å². The predicted molar refractivity (Wildman–Crippen MR) is 125 cm³/mol. The molecular weight excluding hydrogens is 388 g/mol. The minimum Gasteiger partial charge on any atom is -0.497 e. The van der Waals surface area contributed by atoms with Gasteiger partial charge in [-0.1, -0.05) is 43.7 Å². The third-order valence-corrected chi connectivity index (χ3v) is 5.41. The fourth-order valence-corrected chi connectivity index (χ4v) is 3.63.